The van der Waals surface area contributed by atoms with Gasteiger partial charge in [-0.3, -0.25) is 0 Å². The third-order valence-corrected chi connectivity index (χ3v) is 2.00. The average Bonchev–Trinajstić information content (AvgIpc) is 2.18. The van der Waals surface area contributed by atoms with Crippen molar-refractivity contribution in [2.24, 2.45) is 5.73 Å². The van der Waals surface area contributed by atoms with Crippen LogP contribution in [0.25, 0.3) is 0 Å². The molecule has 5 nitrogen and oxygen atoms in total. The molecule has 0 aromatic heterocycles. The van der Waals surface area contributed by atoms with Crippen LogP contribution in [0.15, 0.2) is 22.8 Å². The van der Waals surface area contributed by atoms with Crippen molar-refractivity contribution in [2.75, 3.05) is 6.61 Å². The zero-order valence-electron chi connectivity index (χ0n) is 8.66. The van der Waals surface area contributed by atoms with Gasteiger partial charge in [-0.1, -0.05) is 0 Å². The van der Waals surface area contributed by atoms with E-state index >= 15 is 0 Å². The van der Waals surface area contributed by atoms with Crippen LogP contribution in [-0.2, 0) is 14.3 Å². The van der Waals surface area contributed by atoms with E-state index in [1.807, 2.05) is 6.07 Å². The van der Waals surface area contributed by atoms with E-state index in [1.165, 1.54) is 0 Å². The first-order valence-electron chi connectivity index (χ1n) is 4.53. The van der Waals surface area contributed by atoms with E-state index < -0.39 is 5.97 Å². The minimum atomic E-state index is -0.463. The van der Waals surface area contributed by atoms with E-state index in [4.69, 9.17) is 20.5 Å². The number of nitrogens with two attached hydrogens (primary N) is 1. The van der Waals surface area contributed by atoms with Crippen molar-refractivity contribution >= 4 is 5.97 Å². The number of hydrogen-bond donors (Lipinski definition) is 1. The Labute approximate surface area is 87.8 Å². The summed E-state index contributed by atoms with van der Waals surface area (Å²) in [6, 6.07) is 1.89. The molecule has 0 unspecified atom stereocenters. The zero-order valence-corrected chi connectivity index (χ0v) is 8.66. The average molecular weight is 208 g/mol. The van der Waals surface area contributed by atoms with E-state index in [1.54, 1.807) is 13.8 Å². The lowest BCUT2D eigenvalue weighted by Crippen LogP contribution is -2.18. The predicted molar refractivity (Wildman–Crippen MR) is 51.9 cm³/mol. The Morgan fingerprint density at radius 3 is 2.93 bits per heavy atom. The molecule has 0 radical (unpaired) electrons. The quantitative estimate of drug-likeness (QED) is 0.682. The molecule has 1 aliphatic rings. The highest BCUT2D eigenvalue weighted by molar-refractivity contribution is 5.90. The zero-order chi connectivity index (χ0) is 11.4. The molecule has 0 aromatic carbocycles. The van der Waals surface area contributed by atoms with Gasteiger partial charge in [-0.25, -0.2) is 4.79 Å². The molecule has 5 heteroatoms. The summed E-state index contributed by atoms with van der Waals surface area (Å²) in [5, 5.41) is 8.73. The minimum absolute atomic E-state index is 0.0584. The second-order valence-electron chi connectivity index (χ2n) is 2.99. The summed E-state index contributed by atoms with van der Waals surface area (Å²) in [6.07, 6.45) is 0.174. The first kappa shape index (κ1) is 11.1. The molecule has 1 aliphatic heterocycles. The number of nitrogens with zero attached hydrogens (tertiary/aromatic N) is 1. The van der Waals surface area contributed by atoms with Crippen LogP contribution in [0.1, 0.15) is 20.3 Å². The standard InChI is InChI=1S/C10H12N2O3/c1-3-14-10(13)8-4-7(5-11)9(12)15-6(8)2/h3-4,12H2,1-2H3. The van der Waals surface area contributed by atoms with Crippen LogP contribution in [-0.4, -0.2) is 12.6 Å². The summed E-state index contributed by atoms with van der Waals surface area (Å²) in [6.45, 7) is 3.62. The molecule has 15 heavy (non-hydrogen) atoms. The largest absolute Gasteiger partial charge is 0.463 e. The molecule has 80 valence electrons. The fourth-order valence-electron chi connectivity index (χ4n) is 1.21. The Balaban J connectivity index is 2.89. The number of nitriles is 1. The van der Waals surface area contributed by atoms with Gasteiger partial charge in [0.15, 0.2) is 0 Å². The van der Waals surface area contributed by atoms with Crippen LogP contribution < -0.4 is 5.73 Å². The number of rotatable bonds is 2. The summed E-state index contributed by atoms with van der Waals surface area (Å²) in [5.74, 6) is -0.0109. The summed E-state index contributed by atoms with van der Waals surface area (Å²) in [5.41, 5.74) is 6.07. The molecule has 0 spiro atoms. The van der Waals surface area contributed by atoms with Gasteiger partial charge in [0.1, 0.15) is 11.8 Å². The van der Waals surface area contributed by atoms with Crippen molar-refractivity contribution < 1.29 is 14.3 Å². The summed E-state index contributed by atoms with van der Waals surface area (Å²) >= 11 is 0. The number of hydrogen-bond acceptors (Lipinski definition) is 5. The van der Waals surface area contributed by atoms with E-state index in [0.717, 1.165) is 0 Å². The van der Waals surface area contributed by atoms with E-state index in [2.05, 4.69) is 0 Å². The molecule has 0 aromatic rings. The van der Waals surface area contributed by atoms with Crippen LogP contribution in [0.3, 0.4) is 0 Å². The number of esters is 1. The molecule has 0 atom stereocenters. The molecular weight excluding hydrogens is 196 g/mol. The second-order valence-corrected chi connectivity index (χ2v) is 2.99. The van der Waals surface area contributed by atoms with Crippen LogP contribution in [0.5, 0.6) is 0 Å². The molecule has 1 rings (SSSR count). The Morgan fingerprint density at radius 2 is 2.40 bits per heavy atom. The van der Waals surface area contributed by atoms with E-state index in [9.17, 15) is 4.79 Å². The molecule has 0 aliphatic carbocycles. The molecule has 0 bridgehead atoms. The Hall–Kier alpha value is -1.96. The minimum Gasteiger partial charge on any atom is -0.463 e. The van der Waals surface area contributed by atoms with Gasteiger partial charge in [-0.2, -0.15) is 5.26 Å². The van der Waals surface area contributed by atoms with Crippen molar-refractivity contribution in [1.82, 2.24) is 0 Å². The number of carbonyl (C=O) groups is 1. The van der Waals surface area contributed by atoms with Crippen molar-refractivity contribution in [2.45, 2.75) is 20.3 Å². The molecule has 0 saturated carbocycles. The third kappa shape index (κ3) is 2.29. The van der Waals surface area contributed by atoms with Gasteiger partial charge in [0.25, 0.3) is 0 Å². The highest BCUT2D eigenvalue weighted by atomic mass is 16.5. The molecule has 0 fully saturated rings. The lowest BCUT2D eigenvalue weighted by atomic mass is 10.0. The van der Waals surface area contributed by atoms with Gasteiger partial charge < -0.3 is 15.2 Å². The van der Waals surface area contributed by atoms with Gasteiger partial charge in [-0.15, -0.1) is 0 Å². The smallest absolute Gasteiger partial charge is 0.337 e. The normalized spacial score (nSPS) is 15.8. The maximum atomic E-state index is 11.4. The topological polar surface area (TPSA) is 85.3 Å². The first-order chi connectivity index (χ1) is 7.10. The van der Waals surface area contributed by atoms with Crippen molar-refractivity contribution in [3.8, 4) is 6.07 Å². The van der Waals surface area contributed by atoms with E-state index in [0.29, 0.717) is 11.3 Å². The molecule has 1 heterocycles. The SMILES string of the molecule is CCOC(=O)C1=C(C)OC(N)=C(C#N)C1. The lowest BCUT2D eigenvalue weighted by Gasteiger charge is -2.17. The third-order valence-electron chi connectivity index (χ3n) is 2.00. The summed E-state index contributed by atoms with van der Waals surface area (Å²) in [7, 11) is 0. The maximum absolute atomic E-state index is 11.4. The molecule has 0 amide bonds. The Morgan fingerprint density at radius 1 is 1.73 bits per heavy atom. The van der Waals surface area contributed by atoms with Crippen LogP contribution in [0.4, 0.5) is 0 Å². The van der Waals surface area contributed by atoms with E-state index in [-0.39, 0.29) is 24.5 Å². The highest BCUT2D eigenvalue weighted by Gasteiger charge is 2.24. The van der Waals surface area contributed by atoms with Crippen molar-refractivity contribution in [1.29, 1.82) is 5.26 Å². The lowest BCUT2D eigenvalue weighted by molar-refractivity contribution is -0.138. The van der Waals surface area contributed by atoms with Gasteiger partial charge in [0, 0.05) is 6.42 Å². The number of allylic oxidation sites excluding steroid dienone is 2. The first-order valence-corrected chi connectivity index (χ1v) is 4.53. The summed E-state index contributed by atoms with van der Waals surface area (Å²) < 4.78 is 9.91. The van der Waals surface area contributed by atoms with Gasteiger partial charge in [-0.05, 0) is 13.8 Å². The Kier molecular flexibility index (Phi) is 3.34. The second kappa shape index (κ2) is 4.51. The molecule has 0 saturated heterocycles. The molecule has 2 N–H and O–H groups in total. The van der Waals surface area contributed by atoms with Gasteiger partial charge >= 0.3 is 5.97 Å². The van der Waals surface area contributed by atoms with Gasteiger partial charge in [0.2, 0.25) is 5.88 Å². The van der Waals surface area contributed by atoms with Crippen LogP contribution >= 0.6 is 0 Å². The number of ether oxygens (including phenoxy) is 2. The van der Waals surface area contributed by atoms with Crippen molar-refractivity contribution in [3.05, 3.63) is 22.8 Å². The Bertz CT molecular complexity index is 388. The monoisotopic (exact) mass is 208 g/mol. The number of carbonyl (C=O) groups excluding carboxylic acids is 1. The van der Waals surface area contributed by atoms with Crippen LogP contribution in [0, 0.1) is 11.3 Å². The summed E-state index contributed by atoms with van der Waals surface area (Å²) in [4.78, 5) is 11.4. The highest BCUT2D eigenvalue weighted by Crippen LogP contribution is 2.25. The fraction of sp³-hybridized carbons (Fsp3) is 0.400. The van der Waals surface area contributed by atoms with Gasteiger partial charge in [0.05, 0.1) is 17.8 Å². The fourth-order valence-corrected chi connectivity index (χ4v) is 1.21. The van der Waals surface area contributed by atoms with Crippen LogP contribution in [0.2, 0.25) is 0 Å². The molecular formula is C10H12N2O3. The maximum Gasteiger partial charge on any atom is 0.337 e. The van der Waals surface area contributed by atoms with Crippen molar-refractivity contribution in [3.63, 3.8) is 0 Å². The predicted octanol–water partition coefficient (Wildman–Crippen LogP) is 0.938.